The molecule has 1 N–H and O–H groups in total. The third-order valence-electron chi connectivity index (χ3n) is 6.16. The van der Waals surface area contributed by atoms with E-state index in [1.165, 1.54) is 27.6 Å². The van der Waals surface area contributed by atoms with Gasteiger partial charge in [-0.15, -0.1) is 11.3 Å². The fourth-order valence-corrected chi connectivity index (χ4v) is 6.01. The first kappa shape index (κ1) is 24.2. The second-order valence-electron chi connectivity index (χ2n) is 9.58. The summed E-state index contributed by atoms with van der Waals surface area (Å²) in [5.74, 6) is -0.809. The van der Waals surface area contributed by atoms with Gasteiger partial charge < -0.3 is 9.84 Å². The number of anilines is 1. The summed E-state index contributed by atoms with van der Waals surface area (Å²) in [6.45, 7) is 8.84. The number of ether oxygens (including phenoxy) is 1. The highest BCUT2D eigenvalue weighted by molar-refractivity contribution is 7.22. The lowest BCUT2D eigenvalue weighted by atomic mass is 9.85. The Morgan fingerprint density at radius 3 is 2.53 bits per heavy atom. The van der Waals surface area contributed by atoms with Crippen LogP contribution < -0.4 is 9.64 Å². The van der Waals surface area contributed by atoms with Crippen LogP contribution in [0.15, 0.2) is 71.3 Å². The molecule has 36 heavy (non-hydrogen) atoms. The van der Waals surface area contributed by atoms with E-state index < -0.39 is 17.7 Å². The molecule has 1 unspecified atom stereocenters. The average molecular weight is 519 g/mol. The quantitative estimate of drug-likeness (QED) is 0.283. The Kier molecular flexibility index (Phi) is 6.18. The first-order valence-electron chi connectivity index (χ1n) is 11.7. The van der Waals surface area contributed by atoms with Crippen molar-refractivity contribution in [3.05, 3.63) is 87.3 Å². The van der Waals surface area contributed by atoms with Crippen LogP contribution in [0.5, 0.6) is 5.75 Å². The molecule has 1 aliphatic heterocycles. The van der Waals surface area contributed by atoms with Crippen LogP contribution in [-0.2, 0) is 10.2 Å². The molecule has 0 bridgehead atoms. The van der Waals surface area contributed by atoms with Crippen LogP contribution in [0.1, 0.15) is 54.5 Å². The standard InChI is InChI=1S/C28H26N2O4S2/c1-5-34-18-12-13-19-21(15-18)36-27(29-19)30-23(16-8-10-17(11-9-16)28(2,3)4)22(25(32)26(30)33)24(31)20-7-6-14-35-20/h6-15,23,32H,5H2,1-4H3. The number of hydrogen-bond donors (Lipinski definition) is 1. The highest BCUT2D eigenvalue weighted by atomic mass is 32.1. The number of benzene rings is 2. The van der Waals surface area contributed by atoms with Crippen molar-refractivity contribution in [3.8, 4) is 5.75 Å². The molecule has 0 spiro atoms. The van der Waals surface area contributed by atoms with E-state index in [0.29, 0.717) is 22.1 Å². The number of rotatable bonds is 6. The molecule has 1 amide bonds. The normalized spacial score (nSPS) is 16.3. The van der Waals surface area contributed by atoms with Crippen molar-refractivity contribution in [1.82, 2.24) is 4.98 Å². The Labute approximate surface area is 217 Å². The van der Waals surface area contributed by atoms with Crippen LogP contribution >= 0.6 is 22.7 Å². The van der Waals surface area contributed by atoms with Crippen molar-refractivity contribution in [3.63, 3.8) is 0 Å². The smallest absolute Gasteiger partial charge is 0.296 e. The van der Waals surface area contributed by atoms with E-state index in [0.717, 1.165) is 21.6 Å². The van der Waals surface area contributed by atoms with Crippen molar-refractivity contribution < 1.29 is 19.4 Å². The molecule has 0 saturated heterocycles. The molecule has 2 aromatic heterocycles. The van der Waals surface area contributed by atoms with Gasteiger partial charge in [0.1, 0.15) is 5.75 Å². The van der Waals surface area contributed by atoms with E-state index in [-0.39, 0.29) is 16.8 Å². The van der Waals surface area contributed by atoms with Gasteiger partial charge in [-0.05, 0) is 53.1 Å². The Hall–Kier alpha value is -3.49. The maximum absolute atomic E-state index is 13.5. The van der Waals surface area contributed by atoms with Gasteiger partial charge in [0, 0.05) is 0 Å². The first-order valence-corrected chi connectivity index (χ1v) is 13.4. The maximum atomic E-state index is 13.5. The molecule has 1 atom stereocenters. The van der Waals surface area contributed by atoms with Gasteiger partial charge >= 0.3 is 0 Å². The summed E-state index contributed by atoms with van der Waals surface area (Å²) in [6.07, 6.45) is 0. The average Bonchev–Trinajstić information content (AvgIpc) is 3.57. The second kappa shape index (κ2) is 9.19. The van der Waals surface area contributed by atoms with E-state index in [1.807, 2.05) is 49.4 Å². The number of hydrogen-bond acceptors (Lipinski definition) is 7. The van der Waals surface area contributed by atoms with Gasteiger partial charge in [0.2, 0.25) is 5.78 Å². The van der Waals surface area contributed by atoms with Gasteiger partial charge in [-0.2, -0.15) is 0 Å². The number of fused-ring (bicyclic) bond motifs is 1. The molecule has 3 heterocycles. The molecule has 5 rings (SSSR count). The minimum Gasteiger partial charge on any atom is -0.503 e. The predicted molar refractivity (Wildman–Crippen MR) is 144 cm³/mol. The van der Waals surface area contributed by atoms with Crippen molar-refractivity contribution in [2.75, 3.05) is 11.5 Å². The van der Waals surface area contributed by atoms with Crippen LogP contribution in [-0.4, -0.2) is 28.4 Å². The maximum Gasteiger partial charge on any atom is 0.296 e. The van der Waals surface area contributed by atoms with Crippen molar-refractivity contribution >= 4 is 49.7 Å². The molecule has 0 aliphatic carbocycles. The summed E-state index contributed by atoms with van der Waals surface area (Å²) in [5, 5.41) is 13.2. The fourth-order valence-electron chi connectivity index (χ4n) is 4.31. The third-order valence-corrected chi connectivity index (χ3v) is 8.04. The largest absolute Gasteiger partial charge is 0.503 e. The Bertz CT molecular complexity index is 1480. The summed E-state index contributed by atoms with van der Waals surface area (Å²) < 4.78 is 6.46. The van der Waals surface area contributed by atoms with Crippen LogP contribution in [0.2, 0.25) is 0 Å². The van der Waals surface area contributed by atoms with E-state index in [1.54, 1.807) is 17.5 Å². The zero-order valence-corrected chi connectivity index (χ0v) is 22.1. The van der Waals surface area contributed by atoms with Gasteiger partial charge in [0.05, 0.1) is 33.3 Å². The lowest BCUT2D eigenvalue weighted by molar-refractivity contribution is -0.117. The van der Waals surface area contributed by atoms with Crippen molar-refractivity contribution in [2.45, 2.75) is 39.2 Å². The van der Waals surface area contributed by atoms with Crippen molar-refractivity contribution in [2.24, 2.45) is 0 Å². The van der Waals surface area contributed by atoms with Gasteiger partial charge in [-0.25, -0.2) is 4.98 Å². The first-order chi connectivity index (χ1) is 17.2. The molecule has 1 aliphatic rings. The van der Waals surface area contributed by atoms with Gasteiger partial charge in [0.25, 0.3) is 5.91 Å². The molecule has 0 fully saturated rings. The van der Waals surface area contributed by atoms with E-state index in [4.69, 9.17) is 9.72 Å². The summed E-state index contributed by atoms with van der Waals surface area (Å²) >= 11 is 2.60. The SMILES string of the molecule is CCOc1ccc2nc(N3C(=O)C(O)=C(C(=O)c4cccs4)C3c3ccc(C(C)(C)C)cc3)sc2c1. The van der Waals surface area contributed by atoms with Crippen LogP contribution in [0.25, 0.3) is 10.2 Å². The Morgan fingerprint density at radius 2 is 1.89 bits per heavy atom. The Balaban J connectivity index is 1.64. The molecule has 2 aromatic carbocycles. The number of aliphatic hydroxyl groups is 1. The molecular formula is C28H26N2O4S2. The zero-order chi connectivity index (χ0) is 25.6. The monoisotopic (exact) mass is 518 g/mol. The lowest BCUT2D eigenvalue weighted by Gasteiger charge is -2.25. The molecule has 4 aromatic rings. The van der Waals surface area contributed by atoms with Crippen LogP contribution in [0.4, 0.5) is 5.13 Å². The molecular weight excluding hydrogens is 492 g/mol. The summed E-state index contributed by atoms with van der Waals surface area (Å²) in [7, 11) is 0. The molecule has 0 radical (unpaired) electrons. The number of amides is 1. The second-order valence-corrected chi connectivity index (χ2v) is 11.5. The minimum atomic E-state index is -0.798. The predicted octanol–water partition coefficient (Wildman–Crippen LogP) is 6.84. The summed E-state index contributed by atoms with van der Waals surface area (Å²) in [6, 6.07) is 16.1. The number of carbonyl (C=O) groups excluding carboxylic acids is 2. The van der Waals surface area contributed by atoms with E-state index >= 15 is 0 Å². The van der Waals surface area contributed by atoms with Gasteiger partial charge in [-0.1, -0.05) is 62.4 Å². The highest BCUT2D eigenvalue weighted by Gasteiger charge is 2.46. The van der Waals surface area contributed by atoms with Crippen molar-refractivity contribution in [1.29, 1.82) is 0 Å². The van der Waals surface area contributed by atoms with E-state index in [9.17, 15) is 14.7 Å². The number of thiazole rings is 1. The minimum absolute atomic E-state index is 0.0530. The molecule has 6 nitrogen and oxygen atoms in total. The number of nitrogens with zero attached hydrogens (tertiary/aromatic N) is 2. The van der Waals surface area contributed by atoms with Crippen LogP contribution in [0, 0.1) is 0 Å². The van der Waals surface area contributed by atoms with Gasteiger partial charge in [-0.3, -0.25) is 14.5 Å². The topological polar surface area (TPSA) is 79.7 Å². The van der Waals surface area contributed by atoms with E-state index in [2.05, 4.69) is 20.8 Å². The number of aromatic nitrogens is 1. The number of aliphatic hydroxyl groups excluding tert-OH is 1. The zero-order valence-electron chi connectivity index (χ0n) is 20.4. The number of ketones is 1. The fraction of sp³-hybridized carbons (Fsp3) is 0.250. The summed E-state index contributed by atoms with van der Waals surface area (Å²) in [5.41, 5.74) is 2.59. The molecule has 184 valence electrons. The Morgan fingerprint density at radius 1 is 1.14 bits per heavy atom. The number of thiophene rings is 1. The molecule has 8 heteroatoms. The number of Topliss-reactive ketones (excluding diaryl/α,β-unsaturated/α-hetero) is 1. The molecule has 0 saturated carbocycles. The van der Waals surface area contributed by atoms with Gasteiger partial charge in [0.15, 0.2) is 10.9 Å². The highest BCUT2D eigenvalue weighted by Crippen LogP contribution is 2.45. The number of carbonyl (C=O) groups is 2. The third kappa shape index (κ3) is 4.20. The lowest BCUT2D eigenvalue weighted by Crippen LogP contribution is -2.31. The summed E-state index contributed by atoms with van der Waals surface area (Å²) in [4.78, 5) is 33.6. The van der Waals surface area contributed by atoms with Crippen LogP contribution in [0.3, 0.4) is 0 Å².